The van der Waals surface area contributed by atoms with Gasteiger partial charge in [-0.1, -0.05) is 47.0 Å². The molecule has 0 radical (unpaired) electrons. The van der Waals surface area contributed by atoms with Gasteiger partial charge in [-0.2, -0.15) is 0 Å². The Morgan fingerprint density at radius 2 is 1.59 bits per heavy atom. The van der Waals surface area contributed by atoms with Crippen LogP contribution in [-0.4, -0.2) is 67.7 Å². The molecule has 9 heteroatoms. The molecule has 0 amide bonds. The lowest BCUT2D eigenvalue weighted by atomic mass is 10.2. The first-order chi connectivity index (χ1) is 14.7. The van der Waals surface area contributed by atoms with E-state index in [1.165, 1.54) is 0 Å². The van der Waals surface area contributed by atoms with E-state index < -0.39 is 22.4 Å². The van der Waals surface area contributed by atoms with E-state index in [9.17, 15) is 9.59 Å². The second kappa shape index (κ2) is 15.0. The number of rotatable bonds is 17. The molecule has 188 valence electrons. The minimum atomic E-state index is -2.05. The van der Waals surface area contributed by atoms with Crippen LogP contribution in [0, 0.1) is 0 Å². The lowest BCUT2D eigenvalue weighted by Crippen LogP contribution is -2.44. The van der Waals surface area contributed by atoms with Crippen molar-refractivity contribution in [1.82, 2.24) is 0 Å². The van der Waals surface area contributed by atoms with Crippen molar-refractivity contribution in [2.75, 3.05) is 33.2 Å². The molecule has 0 aromatic heterocycles. The Labute approximate surface area is 197 Å². The van der Waals surface area contributed by atoms with Gasteiger partial charge in [-0.25, -0.2) is 4.79 Å². The second-order valence-corrected chi connectivity index (χ2v) is 21.1. The molecule has 0 N–H and O–H groups in total. The van der Waals surface area contributed by atoms with Crippen molar-refractivity contribution in [2.24, 2.45) is 0 Å². The summed E-state index contributed by atoms with van der Waals surface area (Å²) in [5, 5.41) is 0.0327. The third-order valence-corrected chi connectivity index (χ3v) is 11.6. The molecule has 1 atom stereocenters. The van der Waals surface area contributed by atoms with Crippen LogP contribution in [0.2, 0.25) is 43.8 Å². The standard InChI is InChI=1S/C23H46O7Si2/c1-10-21(24)28-14-11-13-26-15-12-20(30-32(8,9)23(2,3)4)18-22(25)29-19-27-16-17-31(5,6)7/h10,20H,1,11-19H2,2-9H3/t20-/m1/s1. The van der Waals surface area contributed by atoms with Crippen LogP contribution in [0.4, 0.5) is 0 Å². The van der Waals surface area contributed by atoms with Crippen molar-refractivity contribution in [2.45, 2.75) is 90.0 Å². The predicted octanol–water partition coefficient (Wildman–Crippen LogP) is 5.15. The van der Waals surface area contributed by atoms with E-state index in [0.29, 0.717) is 39.3 Å². The molecule has 0 aliphatic heterocycles. The van der Waals surface area contributed by atoms with Gasteiger partial charge >= 0.3 is 11.9 Å². The van der Waals surface area contributed by atoms with Crippen LogP contribution in [0.15, 0.2) is 12.7 Å². The number of hydrogen-bond donors (Lipinski definition) is 0. The van der Waals surface area contributed by atoms with Gasteiger partial charge < -0.3 is 23.4 Å². The maximum absolute atomic E-state index is 12.4. The summed E-state index contributed by atoms with van der Waals surface area (Å²) in [5.74, 6) is -0.756. The van der Waals surface area contributed by atoms with Gasteiger partial charge in [-0.3, -0.25) is 4.79 Å². The molecule has 0 aliphatic rings. The molecule has 0 rings (SSSR count). The molecule has 0 aliphatic carbocycles. The second-order valence-electron chi connectivity index (χ2n) is 10.7. The van der Waals surface area contributed by atoms with Gasteiger partial charge in [0.05, 0.1) is 19.1 Å². The summed E-state index contributed by atoms with van der Waals surface area (Å²) < 4.78 is 27.8. The number of carbonyl (C=O) groups excluding carboxylic acids is 2. The number of esters is 2. The average molecular weight is 491 g/mol. The van der Waals surface area contributed by atoms with Crippen molar-refractivity contribution in [3.63, 3.8) is 0 Å². The molecule has 32 heavy (non-hydrogen) atoms. The average Bonchev–Trinajstić information content (AvgIpc) is 2.64. The summed E-state index contributed by atoms with van der Waals surface area (Å²) in [6, 6.07) is 1.03. The minimum Gasteiger partial charge on any atom is -0.462 e. The summed E-state index contributed by atoms with van der Waals surface area (Å²) in [6.07, 6.45) is 2.22. The van der Waals surface area contributed by atoms with E-state index in [0.717, 1.165) is 12.1 Å². The van der Waals surface area contributed by atoms with Crippen LogP contribution in [-0.2, 0) is 33.0 Å². The van der Waals surface area contributed by atoms with E-state index in [-0.39, 0.29) is 30.3 Å². The first kappa shape index (κ1) is 31.0. The summed E-state index contributed by atoms with van der Waals surface area (Å²) in [7, 11) is -3.22. The van der Waals surface area contributed by atoms with Crippen LogP contribution in [0.5, 0.6) is 0 Å². The fourth-order valence-corrected chi connectivity index (χ4v) is 4.44. The fraction of sp³-hybridized carbons (Fsp3) is 0.826. The molecule has 0 aromatic carbocycles. The normalized spacial score (nSPS) is 13.5. The first-order valence-electron chi connectivity index (χ1n) is 11.5. The van der Waals surface area contributed by atoms with Crippen molar-refractivity contribution in [3.05, 3.63) is 12.7 Å². The maximum Gasteiger partial charge on any atom is 0.330 e. The Morgan fingerprint density at radius 1 is 0.938 bits per heavy atom. The fourth-order valence-electron chi connectivity index (χ4n) is 2.30. The molecule has 0 fully saturated rings. The Morgan fingerprint density at radius 3 is 2.16 bits per heavy atom. The quantitative estimate of drug-likeness (QED) is 0.0917. The third-order valence-electron chi connectivity index (χ3n) is 5.39. The molecular weight excluding hydrogens is 444 g/mol. The van der Waals surface area contributed by atoms with Crippen LogP contribution < -0.4 is 0 Å². The lowest BCUT2D eigenvalue weighted by Gasteiger charge is -2.39. The van der Waals surface area contributed by atoms with Crippen LogP contribution in [0.3, 0.4) is 0 Å². The van der Waals surface area contributed by atoms with Crippen LogP contribution in [0.25, 0.3) is 0 Å². The highest BCUT2D eigenvalue weighted by Gasteiger charge is 2.39. The molecule has 7 nitrogen and oxygen atoms in total. The van der Waals surface area contributed by atoms with E-state index in [1.54, 1.807) is 0 Å². The largest absolute Gasteiger partial charge is 0.462 e. The van der Waals surface area contributed by atoms with Crippen molar-refractivity contribution >= 4 is 28.3 Å². The maximum atomic E-state index is 12.4. The van der Waals surface area contributed by atoms with E-state index >= 15 is 0 Å². The van der Waals surface area contributed by atoms with E-state index in [1.807, 2.05) is 0 Å². The molecule has 0 heterocycles. The number of hydrogen-bond acceptors (Lipinski definition) is 7. The Bertz CT molecular complexity index is 566. The topological polar surface area (TPSA) is 80.3 Å². The monoisotopic (exact) mass is 490 g/mol. The highest BCUT2D eigenvalue weighted by molar-refractivity contribution is 6.76. The summed E-state index contributed by atoms with van der Waals surface area (Å²) >= 11 is 0. The zero-order valence-corrected chi connectivity index (χ0v) is 23.6. The van der Waals surface area contributed by atoms with Crippen molar-refractivity contribution in [1.29, 1.82) is 0 Å². The Balaban J connectivity index is 4.50. The van der Waals surface area contributed by atoms with Gasteiger partial charge in [0, 0.05) is 40.4 Å². The van der Waals surface area contributed by atoms with Gasteiger partial charge in [0.15, 0.2) is 15.1 Å². The van der Waals surface area contributed by atoms with E-state index in [4.69, 9.17) is 23.4 Å². The van der Waals surface area contributed by atoms with Gasteiger partial charge in [0.2, 0.25) is 0 Å². The minimum absolute atomic E-state index is 0.0178. The smallest absolute Gasteiger partial charge is 0.330 e. The third kappa shape index (κ3) is 15.7. The summed E-state index contributed by atoms with van der Waals surface area (Å²) in [4.78, 5) is 23.4. The van der Waals surface area contributed by atoms with Crippen LogP contribution in [0.1, 0.15) is 40.0 Å². The first-order valence-corrected chi connectivity index (χ1v) is 18.1. The number of carbonyl (C=O) groups is 2. The van der Waals surface area contributed by atoms with Crippen molar-refractivity contribution in [3.8, 4) is 0 Å². The zero-order valence-electron chi connectivity index (χ0n) is 21.6. The van der Waals surface area contributed by atoms with Gasteiger partial charge in [-0.15, -0.1) is 0 Å². The molecular formula is C23H46O7Si2. The predicted molar refractivity (Wildman–Crippen MR) is 133 cm³/mol. The Hall–Kier alpha value is -1.01. The molecule has 0 spiro atoms. The van der Waals surface area contributed by atoms with Gasteiger partial charge in [0.1, 0.15) is 0 Å². The van der Waals surface area contributed by atoms with Gasteiger partial charge in [-0.05, 0) is 30.6 Å². The summed E-state index contributed by atoms with van der Waals surface area (Å²) in [6.45, 7) is 22.8. The van der Waals surface area contributed by atoms with Crippen LogP contribution >= 0.6 is 0 Å². The van der Waals surface area contributed by atoms with Crippen molar-refractivity contribution < 1.29 is 33.0 Å². The highest BCUT2D eigenvalue weighted by Crippen LogP contribution is 2.38. The molecule has 0 unspecified atom stereocenters. The zero-order chi connectivity index (χ0) is 24.8. The SMILES string of the molecule is C=CC(=O)OCCCOCC[C@H](CC(=O)OCOCC[Si](C)(C)C)O[Si](C)(C)C(C)(C)C. The molecule has 0 saturated heterocycles. The molecule has 0 aromatic rings. The van der Waals surface area contributed by atoms with E-state index in [2.05, 4.69) is 60.1 Å². The highest BCUT2D eigenvalue weighted by atomic mass is 28.4. The molecule has 0 bridgehead atoms. The lowest BCUT2D eigenvalue weighted by molar-refractivity contribution is -0.158. The Kier molecular flexibility index (Phi) is 14.5. The molecule has 0 saturated carbocycles. The van der Waals surface area contributed by atoms with Gasteiger partial charge in [0.25, 0.3) is 0 Å². The summed E-state index contributed by atoms with van der Waals surface area (Å²) in [5.41, 5.74) is 0. The number of ether oxygens (including phenoxy) is 4.